The molecule has 2 aromatic carbocycles. The van der Waals surface area contributed by atoms with Gasteiger partial charge in [0.2, 0.25) is 5.91 Å². The molecule has 1 atom stereocenters. The fraction of sp³-hybridized carbons (Fsp3) is 0.208. The molecule has 0 unspecified atom stereocenters. The zero-order chi connectivity index (χ0) is 22.1. The van der Waals surface area contributed by atoms with Crippen LogP contribution in [0.1, 0.15) is 28.7 Å². The van der Waals surface area contributed by atoms with E-state index in [1.54, 1.807) is 36.4 Å². The highest BCUT2D eigenvalue weighted by atomic mass is 16.5. The average molecular weight is 417 g/mol. The Bertz CT molecular complexity index is 1140. The molecule has 0 radical (unpaired) electrons. The number of para-hydroxylation sites is 2. The molecule has 2 heterocycles. The quantitative estimate of drug-likeness (QED) is 0.658. The second kappa shape index (κ2) is 8.10. The number of carbonyl (C=O) groups is 3. The molecule has 0 bridgehead atoms. The van der Waals surface area contributed by atoms with Gasteiger partial charge in [0.1, 0.15) is 6.54 Å². The van der Waals surface area contributed by atoms with Crippen LogP contribution < -0.4 is 10.2 Å². The number of rotatable bonds is 4. The van der Waals surface area contributed by atoms with Crippen LogP contribution in [0.15, 0.2) is 60.7 Å². The number of hydrogen-bond donors (Lipinski definition) is 1. The summed E-state index contributed by atoms with van der Waals surface area (Å²) in [6.07, 6.45) is -1.04. The normalized spacial score (nSPS) is 13.9. The predicted octanol–water partition coefficient (Wildman–Crippen LogP) is 3.62. The fourth-order valence-corrected chi connectivity index (χ4v) is 3.75. The van der Waals surface area contributed by atoms with Crippen molar-refractivity contribution in [1.29, 1.82) is 0 Å². The molecule has 1 N–H and O–H groups in total. The Morgan fingerprint density at radius 1 is 0.968 bits per heavy atom. The van der Waals surface area contributed by atoms with Crippen LogP contribution >= 0.6 is 0 Å². The Morgan fingerprint density at radius 2 is 1.61 bits per heavy atom. The molecule has 1 aliphatic heterocycles. The maximum Gasteiger partial charge on any atom is 0.338 e. The van der Waals surface area contributed by atoms with E-state index in [9.17, 15) is 14.4 Å². The first-order chi connectivity index (χ1) is 14.8. The molecule has 1 aromatic heterocycles. The van der Waals surface area contributed by atoms with E-state index in [2.05, 4.69) is 9.88 Å². The first-order valence-electron chi connectivity index (χ1n) is 10.0. The number of amides is 2. The maximum absolute atomic E-state index is 12.9. The highest BCUT2D eigenvalue weighted by molar-refractivity contribution is 6.11. The zero-order valence-electron chi connectivity index (χ0n) is 17.6. The topological polar surface area (TPSA) is 80.6 Å². The summed E-state index contributed by atoms with van der Waals surface area (Å²) >= 11 is 0. The van der Waals surface area contributed by atoms with Gasteiger partial charge in [-0.2, -0.15) is 0 Å². The van der Waals surface area contributed by atoms with Gasteiger partial charge in [-0.25, -0.2) is 4.79 Å². The van der Waals surface area contributed by atoms with E-state index < -0.39 is 18.0 Å². The molecule has 2 amide bonds. The summed E-state index contributed by atoms with van der Waals surface area (Å²) in [6.45, 7) is 5.42. The molecule has 158 valence electrons. The number of ether oxygens (including phenoxy) is 1. The lowest BCUT2D eigenvalue weighted by Crippen LogP contribution is -2.47. The first-order valence-corrected chi connectivity index (χ1v) is 10.0. The minimum Gasteiger partial charge on any atom is -0.449 e. The Morgan fingerprint density at radius 3 is 2.29 bits per heavy atom. The van der Waals surface area contributed by atoms with Gasteiger partial charge in [0.25, 0.3) is 5.91 Å². The van der Waals surface area contributed by atoms with Crippen LogP contribution in [0.4, 0.5) is 11.4 Å². The van der Waals surface area contributed by atoms with Crippen LogP contribution in [0.5, 0.6) is 0 Å². The van der Waals surface area contributed by atoms with Crippen molar-refractivity contribution in [2.24, 2.45) is 0 Å². The Labute approximate surface area is 180 Å². The molecule has 0 saturated heterocycles. The van der Waals surface area contributed by atoms with Gasteiger partial charge in [0.05, 0.1) is 16.9 Å². The van der Waals surface area contributed by atoms with Gasteiger partial charge in [-0.3, -0.25) is 14.5 Å². The molecule has 0 spiro atoms. The number of nitrogens with one attached hydrogen (secondary N) is 1. The summed E-state index contributed by atoms with van der Waals surface area (Å²) in [5.41, 5.74) is 4.61. The zero-order valence-corrected chi connectivity index (χ0v) is 17.6. The van der Waals surface area contributed by atoms with Gasteiger partial charge in [-0.1, -0.05) is 12.1 Å². The number of anilines is 2. The minimum absolute atomic E-state index is 0.123. The molecule has 7 nitrogen and oxygen atoms in total. The van der Waals surface area contributed by atoms with E-state index in [1.807, 2.05) is 38.1 Å². The Hall–Kier alpha value is -3.87. The number of fused-ring (bicyclic) bond motifs is 1. The molecule has 0 aliphatic carbocycles. The number of aryl methyl sites for hydroxylation is 2. The molecule has 0 fully saturated rings. The van der Waals surface area contributed by atoms with Crippen LogP contribution in [0.2, 0.25) is 0 Å². The van der Waals surface area contributed by atoms with Crippen molar-refractivity contribution in [1.82, 2.24) is 4.57 Å². The summed E-state index contributed by atoms with van der Waals surface area (Å²) in [7, 11) is 0. The maximum atomic E-state index is 12.9. The molecule has 7 heteroatoms. The Balaban J connectivity index is 1.48. The predicted molar refractivity (Wildman–Crippen MR) is 118 cm³/mol. The summed E-state index contributed by atoms with van der Waals surface area (Å²) in [5, 5.41) is 2.73. The average Bonchev–Trinajstić information content (AvgIpc) is 3.10. The SMILES string of the molecule is Cc1ccc(C)n1-c1ccc(C(=O)O[C@@H](C)C(=O)N2CC(=O)Nc3ccccc32)cc1. The molecule has 1 aliphatic rings. The lowest BCUT2D eigenvalue weighted by Gasteiger charge is -2.30. The van der Waals surface area contributed by atoms with Crippen molar-refractivity contribution in [3.8, 4) is 5.69 Å². The van der Waals surface area contributed by atoms with Crippen molar-refractivity contribution in [2.45, 2.75) is 26.9 Å². The van der Waals surface area contributed by atoms with Crippen LogP contribution in [-0.4, -0.2) is 35.0 Å². The van der Waals surface area contributed by atoms with Crippen molar-refractivity contribution in [3.63, 3.8) is 0 Å². The van der Waals surface area contributed by atoms with E-state index in [1.165, 1.54) is 11.8 Å². The molecule has 3 aromatic rings. The smallest absolute Gasteiger partial charge is 0.338 e. The molecule has 0 saturated carbocycles. The van der Waals surface area contributed by atoms with Crippen LogP contribution in [-0.2, 0) is 14.3 Å². The van der Waals surface area contributed by atoms with Gasteiger partial charge < -0.3 is 14.6 Å². The Kier molecular flexibility index (Phi) is 5.33. The van der Waals surface area contributed by atoms with Gasteiger partial charge in [0, 0.05) is 17.1 Å². The van der Waals surface area contributed by atoms with E-state index in [0.29, 0.717) is 16.9 Å². The van der Waals surface area contributed by atoms with Crippen LogP contribution in [0, 0.1) is 13.8 Å². The molecule has 4 rings (SSSR count). The summed E-state index contributed by atoms with van der Waals surface area (Å²) in [5.74, 6) is -1.34. The second-order valence-electron chi connectivity index (χ2n) is 7.54. The third-order valence-electron chi connectivity index (χ3n) is 5.30. The number of aromatic nitrogens is 1. The molecular weight excluding hydrogens is 394 g/mol. The van der Waals surface area contributed by atoms with Crippen molar-refractivity contribution in [2.75, 3.05) is 16.8 Å². The number of hydrogen-bond acceptors (Lipinski definition) is 4. The third-order valence-corrected chi connectivity index (χ3v) is 5.30. The highest BCUT2D eigenvalue weighted by Crippen LogP contribution is 2.29. The fourth-order valence-electron chi connectivity index (χ4n) is 3.75. The van der Waals surface area contributed by atoms with Gasteiger partial charge in [-0.15, -0.1) is 0 Å². The van der Waals surface area contributed by atoms with Gasteiger partial charge >= 0.3 is 5.97 Å². The largest absolute Gasteiger partial charge is 0.449 e. The summed E-state index contributed by atoms with van der Waals surface area (Å²) < 4.78 is 7.49. The summed E-state index contributed by atoms with van der Waals surface area (Å²) in [6, 6.07) is 18.1. The lowest BCUT2D eigenvalue weighted by molar-refractivity contribution is -0.128. The van der Waals surface area contributed by atoms with E-state index >= 15 is 0 Å². The van der Waals surface area contributed by atoms with Crippen molar-refractivity contribution >= 4 is 29.2 Å². The monoisotopic (exact) mass is 417 g/mol. The molecular formula is C24H23N3O4. The van der Waals surface area contributed by atoms with Gasteiger partial charge in [0.15, 0.2) is 6.10 Å². The minimum atomic E-state index is -1.04. The lowest BCUT2D eigenvalue weighted by atomic mass is 10.1. The first kappa shape index (κ1) is 20.4. The second-order valence-corrected chi connectivity index (χ2v) is 7.54. The van der Waals surface area contributed by atoms with Crippen LogP contribution in [0.25, 0.3) is 5.69 Å². The summed E-state index contributed by atoms with van der Waals surface area (Å²) in [4.78, 5) is 38.8. The van der Waals surface area contributed by atoms with Crippen molar-refractivity contribution in [3.05, 3.63) is 77.6 Å². The standard InChI is InChI=1S/C24H23N3O4/c1-15-8-9-16(2)27(15)19-12-10-18(11-13-19)24(30)31-17(3)23(29)26-14-22(28)25-20-6-4-5-7-21(20)26/h4-13,17H,14H2,1-3H3,(H,25,28)/t17-/m0/s1. The van der Waals surface area contributed by atoms with Crippen molar-refractivity contribution < 1.29 is 19.1 Å². The highest BCUT2D eigenvalue weighted by Gasteiger charge is 2.31. The number of benzene rings is 2. The van der Waals surface area contributed by atoms with E-state index in [0.717, 1.165) is 17.1 Å². The third kappa shape index (κ3) is 3.94. The van der Waals surface area contributed by atoms with Crippen LogP contribution in [0.3, 0.4) is 0 Å². The molecule has 31 heavy (non-hydrogen) atoms. The van der Waals surface area contributed by atoms with Gasteiger partial charge in [-0.05, 0) is 69.3 Å². The number of esters is 1. The number of carbonyl (C=O) groups excluding carboxylic acids is 3. The number of nitrogens with zero attached hydrogens (tertiary/aromatic N) is 2. The van der Waals surface area contributed by atoms with E-state index in [4.69, 9.17) is 4.74 Å². The van der Waals surface area contributed by atoms with E-state index in [-0.39, 0.29) is 12.5 Å².